The number of thiazole rings is 1. The number of ketones is 1. The van der Waals surface area contributed by atoms with Crippen LogP contribution in [-0.4, -0.2) is 44.8 Å². The molecular weight excluding hydrogens is 452 g/mol. The Morgan fingerprint density at radius 2 is 1.91 bits per heavy atom. The molecule has 0 aliphatic carbocycles. The Morgan fingerprint density at radius 1 is 1.15 bits per heavy atom. The van der Waals surface area contributed by atoms with Gasteiger partial charge in [-0.2, -0.15) is 5.10 Å². The largest absolute Gasteiger partial charge is 0.497 e. The van der Waals surface area contributed by atoms with Crippen molar-refractivity contribution in [3.05, 3.63) is 76.3 Å². The molecule has 0 saturated heterocycles. The van der Waals surface area contributed by atoms with Crippen LogP contribution in [0.1, 0.15) is 37.8 Å². The first kappa shape index (κ1) is 23.4. The molecule has 8 nitrogen and oxygen atoms in total. The molecular formula is C25H26N4O4S. The molecule has 34 heavy (non-hydrogen) atoms. The Kier molecular flexibility index (Phi) is 6.93. The van der Waals surface area contributed by atoms with Crippen molar-refractivity contribution in [2.75, 3.05) is 13.7 Å². The van der Waals surface area contributed by atoms with Gasteiger partial charge in [0, 0.05) is 47.7 Å². The first-order valence-corrected chi connectivity index (χ1v) is 11.7. The van der Waals surface area contributed by atoms with Gasteiger partial charge >= 0.3 is 5.97 Å². The van der Waals surface area contributed by atoms with Gasteiger partial charge in [0.05, 0.1) is 13.3 Å². The number of aryl methyl sites for hydroxylation is 3. The molecule has 0 fully saturated rings. The third kappa shape index (κ3) is 5.09. The monoisotopic (exact) mass is 478 g/mol. The smallest absolute Gasteiger partial charge is 0.358 e. The highest BCUT2D eigenvalue weighted by Crippen LogP contribution is 2.23. The number of aromatic nitrogens is 4. The van der Waals surface area contributed by atoms with Crippen LogP contribution in [0.15, 0.2) is 48.1 Å². The van der Waals surface area contributed by atoms with Crippen molar-refractivity contribution in [3.8, 4) is 16.3 Å². The van der Waals surface area contributed by atoms with E-state index in [9.17, 15) is 9.59 Å². The van der Waals surface area contributed by atoms with Crippen LogP contribution in [0, 0.1) is 13.8 Å². The predicted molar refractivity (Wildman–Crippen MR) is 130 cm³/mol. The van der Waals surface area contributed by atoms with E-state index in [4.69, 9.17) is 9.47 Å². The van der Waals surface area contributed by atoms with Gasteiger partial charge in [-0.25, -0.2) is 9.78 Å². The van der Waals surface area contributed by atoms with E-state index < -0.39 is 5.97 Å². The summed E-state index contributed by atoms with van der Waals surface area (Å²) in [6.45, 7) is 4.30. The SMILES string of the molecule is COc1ccc(CCn2c(C)cc(C(=O)COC(=O)c3csc(-c4cnn(C)c4)n3)c2C)cc1. The summed E-state index contributed by atoms with van der Waals surface area (Å²) in [6.07, 6.45) is 4.33. The summed E-state index contributed by atoms with van der Waals surface area (Å²) >= 11 is 1.33. The van der Waals surface area contributed by atoms with Crippen molar-refractivity contribution in [1.82, 2.24) is 19.3 Å². The van der Waals surface area contributed by atoms with Gasteiger partial charge in [0.1, 0.15) is 10.8 Å². The minimum atomic E-state index is -0.618. The summed E-state index contributed by atoms with van der Waals surface area (Å²) in [5, 5.41) is 6.41. The normalized spacial score (nSPS) is 10.9. The molecule has 0 unspecified atom stereocenters. The highest BCUT2D eigenvalue weighted by atomic mass is 32.1. The van der Waals surface area contributed by atoms with E-state index in [1.54, 1.807) is 23.4 Å². The minimum absolute atomic E-state index is 0.182. The number of nitrogens with zero attached hydrogens (tertiary/aromatic N) is 4. The van der Waals surface area contributed by atoms with Gasteiger partial charge in [-0.3, -0.25) is 9.48 Å². The Labute approximate surface area is 201 Å². The highest BCUT2D eigenvalue weighted by Gasteiger charge is 2.19. The molecule has 0 atom stereocenters. The second-order valence-corrected chi connectivity index (χ2v) is 8.83. The number of carbonyl (C=O) groups excluding carboxylic acids is 2. The molecule has 1 aromatic carbocycles. The molecule has 4 aromatic rings. The van der Waals surface area contributed by atoms with Crippen LogP contribution in [0.25, 0.3) is 10.6 Å². The Bertz CT molecular complexity index is 1320. The number of Topliss-reactive ketones (excluding diaryl/α,β-unsaturated/α-hetero) is 1. The lowest BCUT2D eigenvalue weighted by Gasteiger charge is -2.10. The van der Waals surface area contributed by atoms with Crippen molar-refractivity contribution in [3.63, 3.8) is 0 Å². The van der Waals surface area contributed by atoms with Gasteiger partial charge in [-0.15, -0.1) is 11.3 Å². The topological polar surface area (TPSA) is 88.2 Å². The second kappa shape index (κ2) is 10.0. The third-order valence-electron chi connectivity index (χ3n) is 5.66. The highest BCUT2D eigenvalue weighted by molar-refractivity contribution is 7.13. The zero-order valence-electron chi connectivity index (χ0n) is 19.6. The van der Waals surface area contributed by atoms with Crippen molar-refractivity contribution < 1.29 is 19.1 Å². The number of carbonyl (C=O) groups is 2. The Morgan fingerprint density at radius 3 is 2.59 bits per heavy atom. The average Bonchev–Trinajstić information content (AvgIpc) is 3.56. The van der Waals surface area contributed by atoms with Gasteiger partial charge in [-0.05, 0) is 44.0 Å². The lowest BCUT2D eigenvalue weighted by molar-refractivity contribution is 0.0469. The van der Waals surface area contributed by atoms with Crippen LogP contribution >= 0.6 is 11.3 Å². The third-order valence-corrected chi connectivity index (χ3v) is 6.55. The summed E-state index contributed by atoms with van der Waals surface area (Å²) in [7, 11) is 3.46. The van der Waals surface area contributed by atoms with Crippen molar-refractivity contribution in [2.24, 2.45) is 7.05 Å². The summed E-state index contributed by atoms with van der Waals surface area (Å²) in [5.74, 6) is -0.0293. The first-order valence-electron chi connectivity index (χ1n) is 10.8. The van der Waals surface area contributed by atoms with E-state index in [0.717, 1.165) is 35.7 Å². The van der Waals surface area contributed by atoms with E-state index in [0.29, 0.717) is 10.6 Å². The zero-order valence-corrected chi connectivity index (χ0v) is 20.4. The van der Waals surface area contributed by atoms with Gasteiger partial charge in [0.2, 0.25) is 5.78 Å². The molecule has 0 amide bonds. The summed E-state index contributed by atoms with van der Waals surface area (Å²) in [4.78, 5) is 29.5. The zero-order chi connectivity index (χ0) is 24.2. The molecule has 0 saturated carbocycles. The van der Waals surface area contributed by atoms with E-state index in [1.165, 1.54) is 16.9 Å². The molecule has 0 radical (unpaired) electrons. The summed E-state index contributed by atoms with van der Waals surface area (Å²) in [5.41, 5.74) is 4.60. The molecule has 0 spiro atoms. The van der Waals surface area contributed by atoms with E-state index in [2.05, 4.69) is 14.6 Å². The lowest BCUT2D eigenvalue weighted by atomic mass is 10.1. The number of esters is 1. The van der Waals surface area contributed by atoms with E-state index in [1.807, 2.05) is 57.4 Å². The molecule has 0 aliphatic rings. The van der Waals surface area contributed by atoms with Gasteiger partial charge < -0.3 is 14.0 Å². The fourth-order valence-corrected chi connectivity index (χ4v) is 4.54. The maximum Gasteiger partial charge on any atom is 0.358 e. The number of methoxy groups -OCH3 is 1. The molecule has 3 heterocycles. The first-order chi connectivity index (χ1) is 16.4. The number of ether oxygens (including phenoxy) is 2. The van der Waals surface area contributed by atoms with E-state index in [-0.39, 0.29) is 18.1 Å². The predicted octanol–water partition coefficient (Wildman–Crippen LogP) is 4.25. The van der Waals surface area contributed by atoms with Crippen molar-refractivity contribution in [2.45, 2.75) is 26.8 Å². The average molecular weight is 479 g/mol. The second-order valence-electron chi connectivity index (χ2n) is 7.97. The van der Waals surface area contributed by atoms with E-state index >= 15 is 0 Å². The van der Waals surface area contributed by atoms with Gasteiger partial charge in [0.15, 0.2) is 12.3 Å². The quantitative estimate of drug-likeness (QED) is 0.264. The fraction of sp³-hybridized carbons (Fsp3) is 0.280. The molecule has 0 bridgehead atoms. The van der Waals surface area contributed by atoms with Crippen molar-refractivity contribution in [1.29, 1.82) is 0 Å². The standard InChI is InChI=1S/C25H26N4O4S/c1-16-11-21(17(2)29(16)10-9-18-5-7-20(32-4)8-6-18)23(30)14-33-25(31)22-15-34-24(27-22)19-12-26-28(3)13-19/h5-8,11-13,15H,9-10,14H2,1-4H3. The van der Waals surface area contributed by atoms with Crippen LogP contribution in [0.2, 0.25) is 0 Å². The summed E-state index contributed by atoms with van der Waals surface area (Å²) < 4.78 is 14.3. The molecule has 9 heteroatoms. The molecule has 176 valence electrons. The van der Waals surface area contributed by atoms with Gasteiger partial charge in [0.25, 0.3) is 0 Å². The molecule has 0 aliphatic heterocycles. The Hall–Kier alpha value is -3.72. The maximum atomic E-state index is 12.8. The summed E-state index contributed by atoms with van der Waals surface area (Å²) in [6, 6.07) is 9.81. The van der Waals surface area contributed by atoms with Crippen LogP contribution in [0.5, 0.6) is 5.75 Å². The van der Waals surface area contributed by atoms with Crippen LogP contribution in [0.3, 0.4) is 0 Å². The van der Waals surface area contributed by atoms with Crippen molar-refractivity contribution >= 4 is 23.1 Å². The fourth-order valence-electron chi connectivity index (χ4n) is 3.78. The molecule has 0 N–H and O–H groups in total. The maximum absolute atomic E-state index is 12.8. The van der Waals surface area contributed by atoms with Gasteiger partial charge in [-0.1, -0.05) is 12.1 Å². The molecule has 4 rings (SSSR count). The number of benzene rings is 1. The van der Waals surface area contributed by atoms with Crippen LogP contribution in [0.4, 0.5) is 0 Å². The number of rotatable bonds is 9. The number of hydrogen-bond acceptors (Lipinski definition) is 7. The molecule has 3 aromatic heterocycles. The lowest BCUT2D eigenvalue weighted by Crippen LogP contribution is -2.15. The van der Waals surface area contributed by atoms with Crippen LogP contribution < -0.4 is 4.74 Å². The minimum Gasteiger partial charge on any atom is -0.497 e. The van der Waals surface area contributed by atoms with Crippen LogP contribution in [-0.2, 0) is 24.8 Å². The Balaban J connectivity index is 1.36. The number of hydrogen-bond donors (Lipinski definition) is 0.